The van der Waals surface area contributed by atoms with E-state index in [0.29, 0.717) is 28.4 Å². The number of nitrogens with one attached hydrogen (secondary N) is 2. The fourth-order valence-electron chi connectivity index (χ4n) is 4.40. The third-order valence-electron chi connectivity index (χ3n) is 6.20. The first-order chi connectivity index (χ1) is 19.1. The predicted octanol–water partition coefficient (Wildman–Crippen LogP) is 4.15. The van der Waals surface area contributed by atoms with Gasteiger partial charge in [0.05, 0.1) is 22.3 Å². The van der Waals surface area contributed by atoms with Crippen molar-refractivity contribution in [2.75, 3.05) is 10.5 Å². The van der Waals surface area contributed by atoms with E-state index in [9.17, 15) is 26.8 Å². The van der Waals surface area contributed by atoms with Crippen LogP contribution in [0.15, 0.2) is 97.8 Å². The summed E-state index contributed by atoms with van der Waals surface area (Å²) in [6.07, 6.45) is 0. The Hall–Kier alpha value is -5.30. The van der Waals surface area contributed by atoms with Crippen LogP contribution in [0.5, 0.6) is 0 Å². The number of halogens is 2. The number of H-pyrrole nitrogens is 1. The van der Waals surface area contributed by atoms with Gasteiger partial charge in [-0.05, 0) is 59.7 Å². The van der Waals surface area contributed by atoms with Crippen molar-refractivity contribution in [1.82, 2.24) is 14.5 Å². The monoisotopic (exact) mass is 561 g/mol. The van der Waals surface area contributed by atoms with Crippen molar-refractivity contribution in [3.8, 4) is 16.8 Å². The first-order valence-electron chi connectivity index (χ1n) is 11.6. The van der Waals surface area contributed by atoms with Gasteiger partial charge in [0.1, 0.15) is 22.0 Å². The lowest BCUT2D eigenvalue weighted by Crippen LogP contribution is -2.23. The highest BCUT2D eigenvalue weighted by Crippen LogP contribution is 2.32. The van der Waals surface area contributed by atoms with Crippen molar-refractivity contribution >= 4 is 43.7 Å². The van der Waals surface area contributed by atoms with E-state index in [4.69, 9.17) is 10.2 Å². The van der Waals surface area contributed by atoms with Crippen LogP contribution in [0.4, 0.5) is 20.4 Å². The SMILES string of the molecule is Nc1nc2ccc(-c3cc(NS(=O)(=O)c4ccc(F)cc4F)c4[nH]c(=O)oc4c3)cc2c(=O)n1-c1ccccc1. The molecule has 0 spiro atoms. The molecule has 2 aromatic heterocycles. The first-order valence-corrected chi connectivity index (χ1v) is 13.1. The highest BCUT2D eigenvalue weighted by Gasteiger charge is 2.22. The average Bonchev–Trinajstić information content (AvgIpc) is 3.29. The van der Waals surface area contributed by atoms with E-state index in [0.717, 1.165) is 12.1 Å². The number of hydrogen-bond acceptors (Lipinski definition) is 7. The number of nitrogen functional groups attached to an aromatic ring is 1. The molecule has 6 aromatic rings. The quantitative estimate of drug-likeness (QED) is 0.286. The number of benzene rings is 4. The largest absolute Gasteiger partial charge is 0.417 e. The van der Waals surface area contributed by atoms with Crippen LogP contribution in [0.3, 0.4) is 0 Å². The average molecular weight is 562 g/mol. The van der Waals surface area contributed by atoms with Gasteiger partial charge in [-0.15, -0.1) is 0 Å². The minimum atomic E-state index is -4.56. The second kappa shape index (κ2) is 9.17. The lowest BCUT2D eigenvalue weighted by Gasteiger charge is -2.13. The number of aromatic amines is 1. The highest BCUT2D eigenvalue weighted by molar-refractivity contribution is 7.92. The van der Waals surface area contributed by atoms with Crippen molar-refractivity contribution in [1.29, 1.82) is 0 Å². The fraction of sp³-hybridized carbons (Fsp3) is 0. The number of nitrogens with two attached hydrogens (primary N) is 1. The van der Waals surface area contributed by atoms with Crippen LogP contribution >= 0.6 is 0 Å². The lowest BCUT2D eigenvalue weighted by molar-refractivity contribution is 0.551. The number of hydrogen-bond donors (Lipinski definition) is 3. The topological polar surface area (TPSA) is 153 Å². The van der Waals surface area contributed by atoms with Gasteiger partial charge in [-0.1, -0.05) is 24.3 Å². The van der Waals surface area contributed by atoms with Gasteiger partial charge >= 0.3 is 5.76 Å². The number of para-hydroxylation sites is 1. The van der Waals surface area contributed by atoms with Crippen LogP contribution in [-0.4, -0.2) is 23.0 Å². The molecular formula is C27H17F2N5O5S. The van der Waals surface area contributed by atoms with Gasteiger partial charge in [-0.2, -0.15) is 0 Å². The molecule has 40 heavy (non-hydrogen) atoms. The van der Waals surface area contributed by atoms with Gasteiger partial charge < -0.3 is 10.2 Å². The summed E-state index contributed by atoms with van der Waals surface area (Å²) in [5.74, 6) is -3.10. The molecule has 0 aliphatic heterocycles. The molecule has 0 aliphatic rings. The van der Waals surface area contributed by atoms with Crippen LogP contribution in [0, 0.1) is 11.6 Å². The maximum absolute atomic E-state index is 14.3. The third kappa shape index (κ3) is 4.27. The minimum absolute atomic E-state index is 0.00140. The molecule has 4 aromatic carbocycles. The molecule has 0 radical (unpaired) electrons. The molecule has 0 aliphatic carbocycles. The first kappa shape index (κ1) is 25.0. The molecule has 0 saturated carbocycles. The second-order valence-corrected chi connectivity index (χ2v) is 10.4. The highest BCUT2D eigenvalue weighted by atomic mass is 32.2. The molecule has 0 bridgehead atoms. The molecule has 10 nitrogen and oxygen atoms in total. The number of fused-ring (bicyclic) bond motifs is 2. The van der Waals surface area contributed by atoms with E-state index in [-0.39, 0.29) is 28.1 Å². The van der Waals surface area contributed by atoms with Gasteiger partial charge in [-0.3, -0.25) is 14.5 Å². The molecule has 0 fully saturated rings. The summed E-state index contributed by atoms with van der Waals surface area (Å²) in [5, 5.41) is 0.224. The van der Waals surface area contributed by atoms with Gasteiger partial charge in [-0.25, -0.2) is 31.5 Å². The summed E-state index contributed by atoms with van der Waals surface area (Å²) >= 11 is 0. The third-order valence-corrected chi connectivity index (χ3v) is 7.60. The Kier molecular flexibility index (Phi) is 5.73. The molecule has 0 unspecified atom stereocenters. The molecule has 0 saturated heterocycles. The molecule has 13 heteroatoms. The summed E-state index contributed by atoms with van der Waals surface area (Å²) in [4.78, 5) is 31.3. The zero-order valence-corrected chi connectivity index (χ0v) is 21.0. The Bertz CT molecular complexity index is 2190. The zero-order valence-electron chi connectivity index (χ0n) is 20.2. The molecule has 6 rings (SSSR count). The Morgan fingerprint density at radius 3 is 2.45 bits per heavy atom. The van der Waals surface area contributed by atoms with E-state index >= 15 is 0 Å². The van der Waals surface area contributed by atoms with E-state index in [1.807, 2.05) is 0 Å². The molecule has 0 amide bonds. The molecular weight excluding hydrogens is 544 g/mol. The van der Waals surface area contributed by atoms with Crippen LogP contribution < -0.4 is 21.8 Å². The number of oxazole rings is 1. The van der Waals surface area contributed by atoms with Gasteiger partial charge in [0, 0.05) is 6.07 Å². The lowest BCUT2D eigenvalue weighted by atomic mass is 10.0. The van der Waals surface area contributed by atoms with Crippen molar-refractivity contribution in [2.24, 2.45) is 0 Å². The summed E-state index contributed by atoms with van der Waals surface area (Å²) in [6.45, 7) is 0. The summed E-state index contributed by atoms with van der Waals surface area (Å²) < 4.78 is 62.3. The number of rotatable bonds is 5. The van der Waals surface area contributed by atoms with Crippen LogP contribution in [-0.2, 0) is 10.0 Å². The Morgan fingerprint density at radius 1 is 0.925 bits per heavy atom. The van der Waals surface area contributed by atoms with Crippen LogP contribution in [0.1, 0.15) is 0 Å². The van der Waals surface area contributed by atoms with E-state index in [1.54, 1.807) is 48.5 Å². The van der Waals surface area contributed by atoms with E-state index in [2.05, 4.69) is 14.7 Å². The number of nitrogens with zero attached hydrogens (tertiary/aromatic N) is 2. The van der Waals surface area contributed by atoms with E-state index in [1.165, 1.54) is 16.7 Å². The minimum Gasteiger partial charge on any atom is -0.408 e. The summed E-state index contributed by atoms with van der Waals surface area (Å²) in [5.41, 5.74) is 7.16. The number of aromatic nitrogens is 3. The standard InChI is InChI=1S/C27H17F2N5O5S/c28-16-7-9-23(19(29)13-16)40(37,38)33-21-11-15(12-22-24(21)32-27(36)39-22)14-6-8-20-18(10-14)25(35)34(26(30)31-20)17-4-2-1-3-5-17/h1-13,33H,(H2,30,31)(H,32,36). The Labute approximate surface area is 223 Å². The number of sulfonamides is 1. The van der Waals surface area contributed by atoms with E-state index < -0.39 is 37.9 Å². The maximum atomic E-state index is 14.3. The van der Waals surface area contributed by atoms with Crippen molar-refractivity contribution in [3.63, 3.8) is 0 Å². The molecule has 4 N–H and O–H groups in total. The molecule has 0 atom stereocenters. The zero-order chi connectivity index (χ0) is 28.2. The van der Waals surface area contributed by atoms with Crippen LogP contribution in [0.2, 0.25) is 0 Å². The Morgan fingerprint density at radius 2 is 1.70 bits per heavy atom. The molecule has 2 heterocycles. The summed E-state index contributed by atoms with van der Waals surface area (Å²) in [7, 11) is -4.56. The Balaban J connectivity index is 1.51. The maximum Gasteiger partial charge on any atom is 0.417 e. The van der Waals surface area contributed by atoms with Crippen molar-refractivity contribution in [2.45, 2.75) is 4.90 Å². The van der Waals surface area contributed by atoms with Gasteiger partial charge in [0.15, 0.2) is 5.58 Å². The normalized spacial score (nSPS) is 11.8. The van der Waals surface area contributed by atoms with Crippen LogP contribution in [0.25, 0.3) is 38.8 Å². The molecule has 200 valence electrons. The van der Waals surface area contributed by atoms with Crippen molar-refractivity contribution < 1.29 is 21.6 Å². The fourth-order valence-corrected chi connectivity index (χ4v) is 5.52. The second-order valence-electron chi connectivity index (χ2n) is 8.77. The van der Waals surface area contributed by atoms with Gasteiger partial charge in [0.25, 0.3) is 15.6 Å². The smallest absolute Gasteiger partial charge is 0.408 e. The summed E-state index contributed by atoms with van der Waals surface area (Å²) in [6, 6.07) is 18.4. The van der Waals surface area contributed by atoms with Gasteiger partial charge in [0.2, 0.25) is 5.95 Å². The number of anilines is 2. The van der Waals surface area contributed by atoms with Crippen molar-refractivity contribution in [3.05, 3.63) is 111 Å². The predicted molar refractivity (Wildman–Crippen MR) is 145 cm³/mol.